The topological polar surface area (TPSA) is 68.5 Å². The number of ether oxygens (including phenoxy) is 1. The van der Waals surface area contributed by atoms with Gasteiger partial charge in [-0.25, -0.2) is 9.00 Å². The Labute approximate surface area is 202 Å². The lowest BCUT2D eigenvalue weighted by Crippen LogP contribution is -2.14. The van der Waals surface area contributed by atoms with Gasteiger partial charge < -0.3 is 14.4 Å². The molecule has 0 aliphatic carbocycles. The molecule has 0 saturated carbocycles. The lowest BCUT2D eigenvalue weighted by atomic mass is 10.1. The Hall–Kier alpha value is -2.57. The van der Waals surface area contributed by atoms with Gasteiger partial charge in [-0.2, -0.15) is 0 Å². The number of benzene rings is 2. The number of carboxylic acid groups (broad SMARTS) is 1. The van der Waals surface area contributed by atoms with E-state index in [-0.39, 0.29) is 5.69 Å². The third kappa shape index (κ3) is 5.33. The van der Waals surface area contributed by atoms with Crippen LogP contribution in [-0.4, -0.2) is 26.5 Å². The maximum Gasteiger partial charge on any atom is 0.352 e. The van der Waals surface area contributed by atoms with Gasteiger partial charge in [0.2, 0.25) is 0 Å². The van der Waals surface area contributed by atoms with Crippen molar-refractivity contribution in [2.45, 2.75) is 63.8 Å². The van der Waals surface area contributed by atoms with Crippen molar-refractivity contribution in [3.05, 3.63) is 75.1 Å². The molecular formula is C26H30ClNO4S. The fourth-order valence-corrected chi connectivity index (χ4v) is 5.66. The Bertz CT molecular complexity index is 1170. The summed E-state index contributed by atoms with van der Waals surface area (Å²) in [5, 5.41) is 10.7. The average Bonchev–Trinajstić information content (AvgIpc) is 3.06. The lowest BCUT2D eigenvalue weighted by molar-refractivity contribution is 0.0683. The quantitative estimate of drug-likeness (QED) is 0.361. The van der Waals surface area contributed by atoms with Crippen LogP contribution in [0.1, 0.15) is 51.8 Å². The second-order valence-corrected chi connectivity index (χ2v) is 10.0. The highest BCUT2D eigenvalue weighted by Crippen LogP contribution is 2.31. The predicted molar refractivity (Wildman–Crippen MR) is 132 cm³/mol. The molecule has 176 valence electrons. The van der Waals surface area contributed by atoms with E-state index in [2.05, 4.69) is 0 Å². The maximum absolute atomic E-state index is 13.4. The van der Waals surface area contributed by atoms with Crippen LogP contribution >= 0.6 is 11.6 Å². The number of carboxylic acids is 1. The summed E-state index contributed by atoms with van der Waals surface area (Å²) in [6, 6.07) is 11.3. The van der Waals surface area contributed by atoms with Crippen LogP contribution in [0.15, 0.2) is 46.2 Å². The van der Waals surface area contributed by atoms with E-state index >= 15 is 0 Å². The SMILES string of the molecule is CCc1c(S(=O)c2ccc(C)cc2)c(C)c(C(=O)O)n1CCCOc1cc(C)c(Cl)c(C)c1. The molecule has 3 aromatic rings. The molecule has 33 heavy (non-hydrogen) atoms. The van der Waals surface area contributed by atoms with E-state index in [0.717, 1.165) is 33.2 Å². The largest absolute Gasteiger partial charge is 0.494 e. The summed E-state index contributed by atoms with van der Waals surface area (Å²) >= 11 is 6.23. The number of hydrogen-bond donors (Lipinski definition) is 1. The van der Waals surface area contributed by atoms with Crippen LogP contribution in [-0.2, 0) is 23.8 Å². The molecular weight excluding hydrogens is 458 g/mol. The first kappa shape index (κ1) is 25.1. The van der Waals surface area contributed by atoms with Crippen LogP contribution in [0.25, 0.3) is 0 Å². The van der Waals surface area contributed by atoms with Gasteiger partial charge in [0.25, 0.3) is 0 Å². The minimum atomic E-state index is -1.46. The number of hydrogen-bond acceptors (Lipinski definition) is 3. The van der Waals surface area contributed by atoms with Gasteiger partial charge in [-0.1, -0.05) is 36.2 Å². The Morgan fingerprint density at radius 3 is 2.24 bits per heavy atom. The number of aryl methyl sites for hydroxylation is 3. The molecule has 0 bridgehead atoms. The summed E-state index contributed by atoms with van der Waals surface area (Å²) in [6.07, 6.45) is 1.19. The molecule has 5 nitrogen and oxygen atoms in total. The van der Waals surface area contributed by atoms with Gasteiger partial charge in [0.1, 0.15) is 11.4 Å². The molecule has 1 aromatic heterocycles. The van der Waals surface area contributed by atoms with Crippen LogP contribution in [0.5, 0.6) is 5.75 Å². The van der Waals surface area contributed by atoms with Gasteiger partial charge in [0, 0.05) is 22.2 Å². The van der Waals surface area contributed by atoms with Gasteiger partial charge >= 0.3 is 5.97 Å². The van der Waals surface area contributed by atoms with Crippen LogP contribution in [0, 0.1) is 27.7 Å². The highest BCUT2D eigenvalue weighted by Gasteiger charge is 2.27. The van der Waals surface area contributed by atoms with Crippen molar-refractivity contribution in [1.29, 1.82) is 0 Å². The molecule has 0 amide bonds. The molecule has 0 radical (unpaired) electrons. The van der Waals surface area contributed by atoms with E-state index in [1.54, 1.807) is 11.5 Å². The summed E-state index contributed by atoms with van der Waals surface area (Å²) in [4.78, 5) is 13.4. The molecule has 1 heterocycles. The zero-order valence-electron chi connectivity index (χ0n) is 19.7. The van der Waals surface area contributed by atoms with Crippen LogP contribution < -0.4 is 4.74 Å². The number of aromatic carboxylic acids is 1. The molecule has 0 fully saturated rings. The zero-order chi connectivity index (χ0) is 24.3. The van der Waals surface area contributed by atoms with Crippen molar-refractivity contribution < 1.29 is 18.8 Å². The van der Waals surface area contributed by atoms with Gasteiger partial charge in [0.15, 0.2) is 0 Å². The van der Waals surface area contributed by atoms with E-state index < -0.39 is 16.8 Å². The Morgan fingerprint density at radius 1 is 1.09 bits per heavy atom. The summed E-state index contributed by atoms with van der Waals surface area (Å²) in [6.45, 7) is 10.4. The number of aromatic nitrogens is 1. The highest BCUT2D eigenvalue weighted by atomic mass is 35.5. The molecule has 1 unspecified atom stereocenters. The molecule has 1 atom stereocenters. The zero-order valence-corrected chi connectivity index (χ0v) is 21.3. The van der Waals surface area contributed by atoms with E-state index in [0.29, 0.717) is 41.3 Å². The van der Waals surface area contributed by atoms with Crippen molar-refractivity contribution in [1.82, 2.24) is 4.57 Å². The molecule has 0 aliphatic heterocycles. The van der Waals surface area contributed by atoms with Crippen molar-refractivity contribution in [3.63, 3.8) is 0 Å². The van der Waals surface area contributed by atoms with Crippen LogP contribution in [0.4, 0.5) is 0 Å². The maximum atomic E-state index is 13.4. The van der Waals surface area contributed by atoms with Crippen molar-refractivity contribution in [3.8, 4) is 5.75 Å². The Morgan fingerprint density at radius 2 is 1.70 bits per heavy atom. The first-order valence-electron chi connectivity index (χ1n) is 11.0. The smallest absolute Gasteiger partial charge is 0.352 e. The van der Waals surface area contributed by atoms with Crippen molar-refractivity contribution in [2.75, 3.05) is 6.61 Å². The monoisotopic (exact) mass is 487 g/mol. The van der Waals surface area contributed by atoms with E-state index in [9.17, 15) is 14.1 Å². The number of carbonyl (C=O) groups is 1. The molecule has 3 rings (SSSR count). The Kier molecular flexibility index (Phi) is 8.03. The normalized spacial score (nSPS) is 12.1. The second-order valence-electron chi connectivity index (χ2n) is 8.21. The third-order valence-electron chi connectivity index (χ3n) is 5.72. The first-order chi connectivity index (χ1) is 15.6. The van der Waals surface area contributed by atoms with Crippen molar-refractivity contribution >= 4 is 28.4 Å². The van der Waals surface area contributed by atoms with Crippen molar-refractivity contribution in [2.24, 2.45) is 0 Å². The number of rotatable bonds is 9. The van der Waals surface area contributed by atoms with E-state index in [1.165, 1.54) is 0 Å². The van der Waals surface area contributed by atoms with E-state index in [4.69, 9.17) is 16.3 Å². The average molecular weight is 488 g/mol. The molecule has 0 saturated heterocycles. The molecule has 2 aromatic carbocycles. The van der Waals surface area contributed by atoms with Crippen LogP contribution in [0.2, 0.25) is 5.02 Å². The molecule has 1 N–H and O–H groups in total. The minimum absolute atomic E-state index is 0.195. The summed E-state index contributed by atoms with van der Waals surface area (Å²) in [7, 11) is -1.46. The molecule has 7 heteroatoms. The first-order valence-corrected chi connectivity index (χ1v) is 12.5. The van der Waals surface area contributed by atoms with Gasteiger partial charge in [-0.15, -0.1) is 0 Å². The number of halogens is 1. The lowest BCUT2D eigenvalue weighted by Gasteiger charge is -2.13. The summed E-state index contributed by atoms with van der Waals surface area (Å²) < 4.78 is 21.1. The highest BCUT2D eigenvalue weighted by molar-refractivity contribution is 7.85. The van der Waals surface area contributed by atoms with E-state index in [1.807, 2.05) is 64.1 Å². The van der Waals surface area contributed by atoms with Gasteiger partial charge in [-0.3, -0.25) is 0 Å². The fourth-order valence-electron chi connectivity index (χ4n) is 4.09. The standard InChI is InChI=1S/C26H30ClNO4S/c1-6-22-25(33(31)21-10-8-16(2)9-11-21)19(5)24(26(29)30)28(22)12-7-13-32-20-14-17(3)23(27)18(4)15-20/h8-11,14-15H,6-7,12-13H2,1-5H3,(H,29,30). The van der Waals surface area contributed by atoms with Crippen LogP contribution in [0.3, 0.4) is 0 Å². The molecule has 0 aliphatic rings. The second kappa shape index (κ2) is 10.6. The van der Waals surface area contributed by atoms with Gasteiger partial charge in [-0.05, 0) is 81.5 Å². The predicted octanol–water partition coefficient (Wildman–Crippen LogP) is 6.27. The van der Waals surface area contributed by atoms with Gasteiger partial charge in [0.05, 0.1) is 22.3 Å². The molecule has 0 spiro atoms. The Balaban J connectivity index is 1.85. The number of nitrogens with zero attached hydrogens (tertiary/aromatic N) is 1. The fraction of sp³-hybridized carbons (Fsp3) is 0.346. The third-order valence-corrected chi connectivity index (χ3v) is 7.93. The summed E-state index contributed by atoms with van der Waals surface area (Å²) in [5.41, 5.74) is 4.54. The minimum Gasteiger partial charge on any atom is -0.494 e. The summed E-state index contributed by atoms with van der Waals surface area (Å²) in [5.74, 6) is -0.271.